The van der Waals surface area contributed by atoms with Crippen molar-refractivity contribution in [3.05, 3.63) is 71.4 Å². The highest BCUT2D eigenvalue weighted by atomic mass is 19.1. The van der Waals surface area contributed by atoms with Crippen LogP contribution in [0.15, 0.2) is 53.2 Å². The summed E-state index contributed by atoms with van der Waals surface area (Å²) in [4.78, 5) is 12.0. The Morgan fingerprint density at radius 3 is 2.73 bits per heavy atom. The molecule has 204 valence electrons. The second-order valence-corrected chi connectivity index (χ2v) is 11.3. The molecule has 41 heavy (non-hydrogen) atoms. The first-order valence-electron chi connectivity index (χ1n) is 13.9. The molecule has 8 rings (SSSR count). The summed E-state index contributed by atoms with van der Waals surface area (Å²) in [6, 6.07) is 15.6. The van der Waals surface area contributed by atoms with Crippen LogP contribution < -0.4 is 0 Å². The van der Waals surface area contributed by atoms with Crippen LogP contribution in [-0.4, -0.2) is 54.9 Å². The van der Waals surface area contributed by atoms with Crippen LogP contribution in [0, 0.1) is 17.1 Å². The fourth-order valence-corrected chi connectivity index (χ4v) is 6.14. The van der Waals surface area contributed by atoms with Crippen LogP contribution in [0.4, 0.5) is 4.39 Å². The molecule has 2 bridgehead atoms. The van der Waals surface area contributed by atoms with Gasteiger partial charge in [0.25, 0.3) is 0 Å². The molecule has 2 aromatic carbocycles. The van der Waals surface area contributed by atoms with Gasteiger partial charge in [-0.05, 0) is 72.4 Å². The number of nitriles is 1. The Morgan fingerprint density at radius 1 is 1.10 bits per heavy atom. The van der Waals surface area contributed by atoms with Gasteiger partial charge in [-0.1, -0.05) is 6.07 Å². The van der Waals surface area contributed by atoms with Crippen molar-refractivity contribution in [3.63, 3.8) is 0 Å². The quantitative estimate of drug-likeness (QED) is 0.285. The summed E-state index contributed by atoms with van der Waals surface area (Å²) in [5.41, 5.74) is 6.08. The van der Waals surface area contributed by atoms with E-state index in [1.54, 1.807) is 18.5 Å². The summed E-state index contributed by atoms with van der Waals surface area (Å²) in [5.74, 6) is 0.866. The molecule has 2 saturated heterocycles. The Bertz CT molecular complexity index is 1870. The molecule has 5 heterocycles. The second-order valence-electron chi connectivity index (χ2n) is 11.3. The van der Waals surface area contributed by atoms with Crippen molar-refractivity contribution in [2.24, 2.45) is 7.05 Å². The lowest BCUT2D eigenvalue weighted by molar-refractivity contribution is 0.0273. The van der Waals surface area contributed by atoms with E-state index in [1.807, 2.05) is 35.9 Å². The third-order valence-electron chi connectivity index (χ3n) is 8.38. The van der Waals surface area contributed by atoms with Crippen molar-refractivity contribution < 1.29 is 13.5 Å². The number of fused-ring (bicyclic) bond motifs is 3. The molecule has 0 spiro atoms. The lowest BCUT2D eigenvalue weighted by Gasteiger charge is -2.26. The summed E-state index contributed by atoms with van der Waals surface area (Å²) >= 11 is 0. The highest BCUT2D eigenvalue weighted by molar-refractivity contribution is 5.84. The van der Waals surface area contributed by atoms with Crippen LogP contribution >= 0.6 is 0 Å². The summed E-state index contributed by atoms with van der Waals surface area (Å²) < 4.78 is 28.8. The minimum atomic E-state index is -0.424. The van der Waals surface area contributed by atoms with Gasteiger partial charge in [0.1, 0.15) is 17.5 Å². The van der Waals surface area contributed by atoms with Crippen LogP contribution in [0.25, 0.3) is 45.2 Å². The molecule has 0 N–H and O–H groups in total. The molecule has 2 aliphatic heterocycles. The number of oxazole rings is 1. The molecule has 1 saturated carbocycles. The predicted molar refractivity (Wildman–Crippen MR) is 148 cm³/mol. The first kappa shape index (κ1) is 24.3. The first-order chi connectivity index (χ1) is 20.0. The number of benzene rings is 2. The maximum Gasteiger partial charge on any atom is 0.246 e. The van der Waals surface area contributed by atoms with E-state index in [0.29, 0.717) is 41.1 Å². The lowest BCUT2D eigenvalue weighted by Crippen LogP contribution is -2.36. The molecular weight excluding hydrogens is 521 g/mol. The van der Waals surface area contributed by atoms with Crippen LogP contribution in [0.2, 0.25) is 0 Å². The van der Waals surface area contributed by atoms with Crippen LogP contribution in [-0.2, 0) is 18.3 Å². The van der Waals surface area contributed by atoms with Crippen molar-refractivity contribution in [3.8, 4) is 40.2 Å². The third kappa shape index (κ3) is 4.29. The molecule has 5 aromatic rings. The van der Waals surface area contributed by atoms with Crippen molar-refractivity contribution in [1.82, 2.24) is 29.6 Å². The van der Waals surface area contributed by atoms with Crippen molar-refractivity contribution in [1.29, 1.82) is 5.26 Å². The maximum absolute atomic E-state index is 15.3. The Morgan fingerprint density at radius 2 is 2.00 bits per heavy atom. The maximum atomic E-state index is 15.3. The van der Waals surface area contributed by atoms with Crippen molar-refractivity contribution in [2.45, 2.75) is 43.9 Å². The first-order valence-corrected chi connectivity index (χ1v) is 13.9. The summed E-state index contributed by atoms with van der Waals surface area (Å²) in [5, 5.41) is 17.9. The molecule has 9 nitrogen and oxygen atoms in total. The van der Waals surface area contributed by atoms with Gasteiger partial charge in [0.05, 0.1) is 24.3 Å². The zero-order valence-electron chi connectivity index (χ0n) is 22.4. The summed E-state index contributed by atoms with van der Waals surface area (Å²) in [6.07, 6.45) is 5.09. The summed E-state index contributed by atoms with van der Waals surface area (Å²) in [6.45, 7) is 2.27. The average molecular weight is 548 g/mol. The van der Waals surface area contributed by atoms with E-state index in [1.165, 1.54) is 0 Å². The number of likely N-dealkylation sites (tertiary alicyclic amines) is 1. The van der Waals surface area contributed by atoms with E-state index >= 15 is 4.39 Å². The predicted octanol–water partition coefficient (Wildman–Crippen LogP) is 5.21. The Hall–Kier alpha value is -4.46. The van der Waals surface area contributed by atoms with Gasteiger partial charge in [-0.15, -0.1) is 10.2 Å². The molecular formula is C31H26FN7O2. The zero-order valence-corrected chi connectivity index (χ0v) is 22.4. The normalized spacial score (nSPS) is 20.2. The van der Waals surface area contributed by atoms with Crippen LogP contribution in [0.3, 0.4) is 0 Å². The largest absolute Gasteiger partial charge is 0.432 e. The van der Waals surface area contributed by atoms with Crippen molar-refractivity contribution in [2.75, 3.05) is 13.2 Å². The van der Waals surface area contributed by atoms with Gasteiger partial charge in [-0.2, -0.15) is 5.26 Å². The van der Waals surface area contributed by atoms with Gasteiger partial charge < -0.3 is 13.7 Å². The fourth-order valence-electron chi connectivity index (χ4n) is 6.14. The molecule has 0 unspecified atom stereocenters. The minimum absolute atomic E-state index is 0.133. The second kappa shape index (κ2) is 9.29. The highest BCUT2D eigenvalue weighted by Gasteiger charge is 2.38. The zero-order chi connectivity index (χ0) is 27.7. The molecule has 0 radical (unpaired) electrons. The highest BCUT2D eigenvalue weighted by Crippen LogP contribution is 2.43. The SMILES string of the molecule is Cn1cnnc1-c1cc(C#N)ccc1-c1cc(-c2nc3cc(CN4C[C@@H]5C[C@H]4CO5)cc(F)c3o2)nc(C2CC2)c1. The van der Waals surface area contributed by atoms with E-state index < -0.39 is 5.82 Å². The number of nitrogens with zero attached hydrogens (tertiary/aromatic N) is 7. The topological polar surface area (TPSA) is 106 Å². The summed E-state index contributed by atoms with van der Waals surface area (Å²) in [7, 11) is 1.87. The van der Waals surface area contributed by atoms with Crippen LogP contribution in [0.5, 0.6) is 0 Å². The third-order valence-corrected chi connectivity index (χ3v) is 8.38. The number of hydrogen-bond acceptors (Lipinski definition) is 8. The number of rotatable bonds is 6. The smallest absolute Gasteiger partial charge is 0.246 e. The molecule has 3 fully saturated rings. The minimum Gasteiger partial charge on any atom is -0.432 e. The molecule has 2 atom stereocenters. The molecule has 10 heteroatoms. The number of hydrogen-bond donors (Lipinski definition) is 0. The number of morpholine rings is 1. The Balaban J connectivity index is 1.21. The standard InChI is InChI=1S/C31H26FN7O2/c1-38-16-34-37-30(38)24-6-17(12-33)2-5-23(24)20-9-26(19-3-4-19)35-28(10-20)31-36-27-8-18(7-25(32)29(27)41-31)13-39-14-22-11-21(39)15-40-22/h2,5-10,16,19,21-22H,3-4,11,13-15H2,1H3/t21-,22-/m0/s1. The van der Waals surface area contributed by atoms with E-state index in [2.05, 4.69) is 27.2 Å². The number of aromatic nitrogens is 5. The average Bonchev–Trinajstić information content (AvgIpc) is 3.29. The molecule has 1 aliphatic carbocycles. The van der Waals surface area contributed by atoms with E-state index in [0.717, 1.165) is 60.4 Å². The number of pyridine rings is 1. The van der Waals surface area contributed by atoms with Gasteiger partial charge >= 0.3 is 0 Å². The van der Waals surface area contributed by atoms with E-state index in [4.69, 9.17) is 19.1 Å². The van der Waals surface area contributed by atoms with E-state index in [-0.39, 0.29) is 17.6 Å². The van der Waals surface area contributed by atoms with Gasteiger partial charge in [0.15, 0.2) is 17.2 Å². The van der Waals surface area contributed by atoms with E-state index in [9.17, 15) is 5.26 Å². The number of halogens is 1. The molecule has 3 aromatic heterocycles. The number of ether oxygens (including phenoxy) is 1. The van der Waals surface area contributed by atoms with Gasteiger partial charge in [0.2, 0.25) is 5.89 Å². The monoisotopic (exact) mass is 547 g/mol. The van der Waals surface area contributed by atoms with Gasteiger partial charge in [-0.25, -0.2) is 14.4 Å². The lowest BCUT2D eigenvalue weighted by atomic mass is 9.96. The fraction of sp³-hybridized carbons (Fsp3) is 0.323. The molecule has 0 amide bonds. The number of aryl methyl sites for hydroxylation is 1. The molecule has 3 aliphatic rings. The van der Waals surface area contributed by atoms with Gasteiger partial charge in [-0.3, -0.25) is 4.90 Å². The van der Waals surface area contributed by atoms with Gasteiger partial charge in [0, 0.05) is 43.4 Å². The van der Waals surface area contributed by atoms with Crippen molar-refractivity contribution >= 4 is 11.1 Å². The van der Waals surface area contributed by atoms with Crippen LogP contribution in [0.1, 0.15) is 42.0 Å². The Kier molecular flexibility index (Phi) is 5.52. The Labute approximate surface area is 235 Å².